The van der Waals surface area contributed by atoms with E-state index >= 15 is 0 Å². The normalized spacial score (nSPS) is 11.3. The van der Waals surface area contributed by atoms with Gasteiger partial charge in [-0.25, -0.2) is 0 Å². The van der Waals surface area contributed by atoms with E-state index in [-0.39, 0.29) is 0 Å². The van der Waals surface area contributed by atoms with Crippen LogP contribution < -0.4 is 5.32 Å². The highest BCUT2D eigenvalue weighted by atomic mass is 79.9. The van der Waals surface area contributed by atoms with Gasteiger partial charge in [0, 0.05) is 42.4 Å². The van der Waals surface area contributed by atoms with Crippen LogP contribution in [-0.2, 0) is 11.3 Å². The third kappa shape index (κ3) is 4.62. The average Bonchev–Trinajstić information content (AvgIpc) is 2.84. The molecule has 4 heteroatoms. The predicted molar refractivity (Wildman–Crippen MR) is 88.2 cm³/mol. The summed E-state index contributed by atoms with van der Waals surface area (Å²) in [5.74, 6) is 0. The Hall–Kier alpha value is -0.840. The minimum absolute atomic E-state index is 0.804. The largest absolute Gasteiger partial charge is 0.380 e. The minimum atomic E-state index is 0.804. The molecular formula is C16H23BrN2O. The summed E-state index contributed by atoms with van der Waals surface area (Å²) < 4.78 is 8.93. The Morgan fingerprint density at radius 1 is 1.20 bits per heavy atom. The zero-order valence-corrected chi connectivity index (χ0v) is 13.7. The van der Waals surface area contributed by atoms with Crippen molar-refractivity contribution in [1.29, 1.82) is 0 Å². The highest BCUT2D eigenvalue weighted by molar-refractivity contribution is 9.10. The van der Waals surface area contributed by atoms with Crippen LogP contribution in [-0.4, -0.2) is 30.9 Å². The van der Waals surface area contributed by atoms with Crippen molar-refractivity contribution in [1.82, 2.24) is 9.88 Å². The van der Waals surface area contributed by atoms with E-state index in [1.165, 1.54) is 17.3 Å². The van der Waals surface area contributed by atoms with Crippen molar-refractivity contribution in [3.05, 3.63) is 34.9 Å². The molecule has 3 nitrogen and oxygen atoms in total. The summed E-state index contributed by atoms with van der Waals surface area (Å²) in [7, 11) is 0. The smallest absolute Gasteiger partial charge is 0.0590 e. The molecule has 0 bridgehead atoms. The third-order valence-electron chi connectivity index (χ3n) is 3.33. The molecule has 0 unspecified atom stereocenters. The maximum atomic E-state index is 5.52. The summed E-state index contributed by atoms with van der Waals surface area (Å²) in [5.41, 5.74) is 1.28. The van der Waals surface area contributed by atoms with E-state index in [0.29, 0.717) is 0 Å². The first kappa shape index (κ1) is 15.5. The summed E-state index contributed by atoms with van der Waals surface area (Å²) in [4.78, 5) is 0. The van der Waals surface area contributed by atoms with Crippen molar-refractivity contribution in [2.45, 2.75) is 26.3 Å². The maximum absolute atomic E-state index is 5.52. The van der Waals surface area contributed by atoms with Gasteiger partial charge in [-0.1, -0.05) is 35.3 Å². The molecule has 1 heterocycles. The number of nitrogens with zero attached hydrogens (tertiary/aromatic N) is 1. The number of ether oxygens (including phenoxy) is 1. The Balaban J connectivity index is 1.69. The van der Waals surface area contributed by atoms with E-state index in [9.17, 15) is 0 Å². The summed E-state index contributed by atoms with van der Waals surface area (Å²) >= 11 is 3.53. The first-order valence-corrected chi connectivity index (χ1v) is 8.13. The first-order chi connectivity index (χ1) is 9.81. The molecule has 0 atom stereocenters. The van der Waals surface area contributed by atoms with E-state index in [1.54, 1.807) is 0 Å². The van der Waals surface area contributed by atoms with Gasteiger partial charge in [-0.05, 0) is 30.0 Å². The summed E-state index contributed by atoms with van der Waals surface area (Å²) in [6.07, 6.45) is 4.50. The predicted octanol–water partition coefficient (Wildman–Crippen LogP) is 3.81. The van der Waals surface area contributed by atoms with Gasteiger partial charge >= 0.3 is 0 Å². The zero-order chi connectivity index (χ0) is 14.2. The van der Waals surface area contributed by atoms with Crippen molar-refractivity contribution >= 4 is 26.8 Å². The highest BCUT2D eigenvalue weighted by Crippen LogP contribution is 2.20. The van der Waals surface area contributed by atoms with E-state index in [0.717, 1.165) is 43.7 Å². The Labute approximate surface area is 129 Å². The van der Waals surface area contributed by atoms with Gasteiger partial charge in [0.1, 0.15) is 0 Å². The maximum Gasteiger partial charge on any atom is 0.0590 e. The Morgan fingerprint density at radius 2 is 2.10 bits per heavy atom. The Kier molecular flexibility index (Phi) is 6.57. The minimum Gasteiger partial charge on any atom is -0.380 e. The Morgan fingerprint density at radius 3 is 2.95 bits per heavy atom. The molecule has 0 fully saturated rings. The summed E-state index contributed by atoms with van der Waals surface area (Å²) in [5, 5.41) is 4.71. The SMILES string of the molecule is CCCCOCCNCCn1ccc2ccc(Br)cc21. The quantitative estimate of drug-likeness (QED) is 0.703. The fraction of sp³-hybridized carbons (Fsp3) is 0.500. The van der Waals surface area contributed by atoms with Crippen LogP contribution in [0.3, 0.4) is 0 Å². The van der Waals surface area contributed by atoms with Crippen molar-refractivity contribution < 1.29 is 4.74 Å². The molecule has 0 amide bonds. The number of aromatic nitrogens is 1. The fourth-order valence-corrected chi connectivity index (χ4v) is 2.52. The van der Waals surface area contributed by atoms with Crippen molar-refractivity contribution in [2.24, 2.45) is 0 Å². The molecule has 2 aromatic rings. The zero-order valence-electron chi connectivity index (χ0n) is 12.1. The number of rotatable bonds is 9. The van der Waals surface area contributed by atoms with Crippen LogP contribution in [0.5, 0.6) is 0 Å². The number of hydrogen-bond donors (Lipinski definition) is 1. The number of benzene rings is 1. The molecule has 0 radical (unpaired) electrons. The Bertz CT molecular complexity index is 524. The van der Waals surface area contributed by atoms with E-state index in [1.807, 2.05) is 0 Å². The highest BCUT2D eigenvalue weighted by Gasteiger charge is 2.01. The van der Waals surface area contributed by atoms with Gasteiger partial charge in [-0.15, -0.1) is 0 Å². The van der Waals surface area contributed by atoms with E-state index in [4.69, 9.17) is 4.74 Å². The molecule has 20 heavy (non-hydrogen) atoms. The van der Waals surface area contributed by atoms with Gasteiger partial charge < -0.3 is 14.6 Å². The molecule has 0 aliphatic rings. The second kappa shape index (κ2) is 8.45. The molecule has 110 valence electrons. The first-order valence-electron chi connectivity index (χ1n) is 7.34. The van der Waals surface area contributed by atoms with Crippen LogP contribution >= 0.6 is 15.9 Å². The molecule has 1 aromatic carbocycles. The molecule has 1 N–H and O–H groups in total. The molecule has 0 saturated carbocycles. The van der Waals surface area contributed by atoms with Crippen LogP contribution in [0.25, 0.3) is 10.9 Å². The molecule has 0 spiro atoms. The van der Waals surface area contributed by atoms with Gasteiger partial charge in [0.05, 0.1) is 6.61 Å². The molecule has 0 aliphatic carbocycles. The topological polar surface area (TPSA) is 26.2 Å². The number of unbranched alkanes of at least 4 members (excludes halogenated alkanes) is 1. The second-order valence-electron chi connectivity index (χ2n) is 4.93. The molecule has 0 aliphatic heterocycles. The molecule has 2 rings (SSSR count). The lowest BCUT2D eigenvalue weighted by molar-refractivity contribution is 0.133. The van der Waals surface area contributed by atoms with E-state index in [2.05, 4.69) is 63.2 Å². The van der Waals surface area contributed by atoms with Crippen molar-refractivity contribution in [3.63, 3.8) is 0 Å². The lowest BCUT2D eigenvalue weighted by atomic mass is 10.2. The fourth-order valence-electron chi connectivity index (χ4n) is 2.17. The summed E-state index contributed by atoms with van der Waals surface area (Å²) in [6, 6.07) is 8.56. The van der Waals surface area contributed by atoms with Crippen molar-refractivity contribution in [2.75, 3.05) is 26.3 Å². The van der Waals surface area contributed by atoms with Crippen LogP contribution in [0, 0.1) is 0 Å². The van der Waals surface area contributed by atoms with Crippen molar-refractivity contribution in [3.8, 4) is 0 Å². The van der Waals surface area contributed by atoms with Gasteiger partial charge in [0.2, 0.25) is 0 Å². The van der Waals surface area contributed by atoms with Crippen LogP contribution in [0.4, 0.5) is 0 Å². The van der Waals surface area contributed by atoms with Gasteiger partial charge in [-0.3, -0.25) is 0 Å². The third-order valence-corrected chi connectivity index (χ3v) is 3.82. The lowest BCUT2D eigenvalue weighted by Gasteiger charge is -2.08. The van der Waals surface area contributed by atoms with Gasteiger partial charge in [0.25, 0.3) is 0 Å². The van der Waals surface area contributed by atoms with Gasteiger partial charge in [-0.2, -0.15) is 0 Å². The van der Waals surface area contributed by atoms with Crippen LogP contribution in [0.15, 0.2) is 34.9 Å². The molecular weight excluding hydrogens is 316 g/mol. The monoisotopic (exact) mass is 338 g/mol. The van der Waals surface area contributed by atoms with Gasteiger partial charge in [0.15, 0.2) is 0 Å². The number of nitrogens with one attached hydrogen (secondary N) is 1. The second-order valence-corrected chi connectivity index (χ2v) is 5.84. The molecule has 0 saturated heterocycles. The standard InChI is InChI=1S/C16H23BrN2O/c1-2-3-11-20-12-8-18-7-10-19-9-6-14-4-5-15(17)13-16(14)19/h4-6,9,13,18H,2-3,7-8,10-12H2,1H3. The van der Waals surface area contributed by atoms with E-state index < -0.39 is 0 Å². The average molecular weight is 339 g/mol. The van der Waals surface area contributed by atoms with Crippen LogP contribution in [0.1, 0.15) is 19.8 Å². The summed E-state index contributed by atoms with van der Waals surface area (Å²) in [6.45, 7) is 6.74. The number of fused-ring (bicyclic) bond motifs is 1. The van der Waals surface area contributed by atoms with Crippen LogP contribution in [0.2, 0.25) is 0 Å². The lowest BCUT2D eigenvalue weighted by Crippen LogP contribution is -2.24. The number of hydrogen-bond acceptors (Lipinski definition) is 2. The number of halogens is 1. The molecule has 1 aromatic heterocycles.